The molecular formula is C19H20N2O4. The number of hydrogen-bond donors (Lipinski definition) is 1. The van der Waals surface area contributed by atoms with E-state index in [1.165, 1.54) is 0 Å². The van der Waals surface area contributed by atoms with Crippen molar-refractivity contribution in [3.63, 3.8) is 0 Å². The van der Waals surface area contributed by atoms with Crippen molar-refractivity contribution >= 4 is 17.4 Å². The average molecular weight is 340 g/mol. The van der Waals surface area contributed by atoms with Crippen molar-refractivity contribution in [2.24, 2.45) is 23.7 Å². The molecule has 1 heterocycles. The summed E-state index contributed by atoms with van der Waals surface area (Å²) in [5.41, 5.74) is 0.496. The second kappa shape index (κ2) is 6.40. The van der Waals surface area contributed by atoms with E-state index >= 15 is 0 Å². The van der Waals surface area contributed by atoms with Gasteiger partial charge in [0.05, 0.1) is 6.07 Å². The van der Waals surface area contributed by atoms with Gasteiger partial charge in [-0.3, -0.25) is 9.59 Å². The van der Waals surface area contributed by atoms with Crippen LogP contribution in [0.25, 0.3) is 0 Å². The van der Waals surface area contributed by atoms with E-state index in [1.807, 2.05) is 6.07 Å². The Morgan fingerprint density at radius 2 is 1.80 bits per heavy atom. The van der Waals surface area contributed by atoms with Crippen LogP contribution in [0.5, 0.6) is 11.5 Å². The predicted molar refractivity (Wildman–Crippen MR) is 89.1 cm³/mol. The molecule has 0 radical (unpaired) electrons. The Hall–Kier alpha value is -2.55. The van der Waals surface area contributed by atoms with Gasteiger partial charge in [-0.15, -0.1) is 0 Å². The molecule has 25 heavy (non-hydrogen) atoms. The van der Waals surface area contributed by atoms with Gasteiger partial charge in [-0.25, -0.2) is 0 Å². The first-order chi connectivity index (χ1) is 12.2. The number of nitriles is 1. The Morgan fingerprint density at radius 1 is 1.12 bits per heavy atom. The molecule has 1 aliphatic heterocycles. The standard InChI is InChI=1S/C19H20N2O4/c20-10-14(18(22)17-12-3-1-2-4-13(12)17)19(23)21-11-5-6-15-16(9-11)25-8-7-24-15/h5-6,9,12-14,17H,1-4,7-8H2,(H,21,23)/t12-,13-,14-/m0/s1. The molecule has 1 amide bonds. The molecule has 3 aliphatic rings. The number of nitrogens with one attached hydrogen (secondary N) is 1. The number of rotatable bonds is 4. The Labute approximate surface area is 146 Å². The van der Waals surface area contributed by atoms with Crippen molar-refractivity contribution in [3.8, 4) is 17.6 Å². The number of carbonyl (C=O) groups is 2. The molecule has 4 rings (SSSR count). The van der Waals surface area contributed by atoms with Gasteiger partial charge in [-0.2, -0.15) is 5.26 Å². The van der Waals surface area contributed by atoms with Crippen LogP contribution in [0.1, 0.15) is 25.7 Å². The van der Waals surface area contributed by atoms with Gasteiger partial charge in [0, 0.05) is 17.7 Å². The van der Waals surface area contributed by atoms with E-state index in [0.29, 0.717) is 42.2 Å². The smallest absolute Gasteiger partial charge is 0.249 e. The van der Waals surface area contributed by atoms with Gasteiger partial charge in [0.2, 0.25) is 5.91 Å². The third kappa shape index (κ3) is 2.95. The lowest BCUT2D eigenvalue weighted by Crippen LogP contribution is -2.30. The molecule has 0 bridgehead atoms. The molecule has 0 aromatic heterocycles. The minimum absolute atomic E-state index is 0.0989. The zero-order chi connectivity index (χ0) is 17.4. The molecule has 2 fully saturated rings. The van der Waals surface area contributed by atoms with Crippen molar-refractivity contribution in [2.45, 2.75) is 25.7 Å². The van der Waals surface area contributed by atoms with E-state index in [1.54, 1.807) is 18.2 Å². The monoisotopic (exact) mass is 340 g/mol. The van der Waals surface area contributed by atoms with Crippen LogP contribution in [0.15, 0.2) is 18.2 Å². The lowest BCUT2D eigenvalue weighted by molar-refractivity contribution is -0.130. The molecule has 130 valence electrons. The fourth-order valence-corrected chi connectivity index (χ4v) is 4.19. The summed E-state index contributed by atoms with van der Waals surface area (Å²) in [6.45, 7) is 0.946. The highest BCUT2D eigenvalue weighted by Gasteiger charge is 2.56. The van der Waals surface area contributed by atoms with Crippen LogP contribution in [0.3, 0.4) is 0 Å². The first-order valence-corrected chi connectivity index (χ1v) is 8.83. The maximum absolute atomic E-state index is 12.6. The lowest BCUT2D eigenvalue weighted by atomic mass is 9.99. The summed E-state index contributed by atoms with van der Waals surface area (Å²) in [6.07, 6.45) is 4.38. The van der Waals surface area contributed by atoms with Gasteiger partial charge in [0.25, 0.3) is 0 Å². The predicted octanol–water partition coefficient (Wildman–Crippen LogP) is 2.54. The number of ether oxygens (including phenoxy) is 2. The number of ketones is 1. The van der Waals surface area contributed by atoms with Gasteiger partial charge in [0.15, 0.2) is 23.2 Å². The second-order valence-corrected chi connectivity index (χ2v) is 6.95. The number of hydrogen-bond acceptors (Lipinski definition) is 5. The SMILES string of the molecule is N#C[C@H](C(=O)Nc1ccc2c(c1)OCCO2)C(=O)C1[C@H]2CCCC[C@H]12. The first-order valence-electron chi connectivity index (χ1n) is 8.83. The molecule has 2 saturated carbocycles. The van der Waals surface area contributed by atoms with E-state index in [2.05, 4.69) is 5.32 Å². The molecule has 0 spiro atoms. The molecule has 0 saturated heterocycles. The maximum Gasteiger partial charge on any atom is 0.249 e. The first kappa shape index (κ1) is 15.9. The van der Waals surface area contributed by atoms with E-state index in [0.717, 1.165) is 25.7 Å². The summed E-state index contributed by atoms with van der Waals surface area (Å²) in [5, 5.41) is 12.0. The van der Waals surface area contributed by atoms with Gasteiger partial charge in [-0.05, 0) is 36.8 Å². The van der Waals surface area contributed by atoms with Gasteiger partial charge in [0.1, 0.15) is 13.2 Å². The van der Waals surface area contributed by atoms with E-state index in [-0.39, 0.29) is 11.7 Å². The summed E-state index contributed by atoms with van der Waals surface area (Å²) in [4.78, 5) is 25.1. The summed E-state index contributed by atoms with van der Waals surface area (Å²) in [7, 11) is 0. The van der Waals surface area contributed by atoms with Crippen molar-refractivity contribution in [3.05, 3.63) is 18.2 Å². The third-order valence-corrected chi connectivity index (χ3v) is 5.47. The zero-order valence-corrected chi connectivity index (χ0v) is 13.9. The van der Waals surface area contributed by atoms with Crippen LogP contribution < -0.4 is 14.8 Å². The van der Waals surface area contributed by atoms with Gasteiger partial charge >= 0.3 is 0 Å². The molecule has 0 unspecified atom stereocenters. The normalized spacial score (nSPS) is 27.4. The Morgan fingerprint density at radius 3 is 2.48 bits per heavy atom. The van der Waals surface area contributed by atoms with Crippen LogP contribution in [-0.4, -0.2) is 24.9 Å². The number of anilines is 1. The summed E-state index contributed by atoms with van der Waals surface area (Å²) < 4.78 is 10.9. The number of carbonyl (C=O) groups excluding carboxylic acids is 2. The molecular weight excluding hydrogens is 320 g/mol. The minimum atomic E-state index is -1.25. The minimum Gasteiger partial charge on any atom is -0.486 e. The van der Waals surface area contributed by atoms with Crippen molar-refractivity contribution in [1.29, 1.82) is 5.26 Å². The summed E-state index contributed by atoms with van der Waals surface area (Å²) in [5.74, 6) is -0.168. The number of Topliss-reactive ketones (excluding diaryl/α,β-unsaturated/α-hetero) is 1. The third-order valence-electron chi connectivity index (χ3n) is 5.47. The highest BCUT2D eigenvalue weighted by atomic mass is 16.6. The number of fused-ring (bicyclic) bond motifs is 2. The van der Waals surface area contributed by atoms with Crippen LogP contribution in [0, 0.1) is 35.0 Å². The Balaban J connectivity index is 1.44. The molecule has 2 aliphatic carbocycles. The van der Waals surface area contributed by atoms with Crippen molar-refractivity contribution in [2.75, 3.05) is 18.5 Å². The van der Waals surface area contributed by atoms with Gasteiger partial charge in [-0.1, -0.05) is 12.8 Å². The van der Waals surface area contributed by atoms with E-state index < -0.39 is 11.8 Å². The summed E-state index contributed by atoms with van der Waals surface area (Å²) >= 11 is 0. The molecule has 1 N–H and O–H groups in total. The van der Waals surface area contributed by atoms with Gasteiger partial charge < -0.3 is 14.8 Å². The fraction of sp³-hybridized carbons (Fsp3) is 0.526. The number of nitrogens with zero attached hydrogens (tertiary/aromatic N) is 1. The lowest BCUT2D eigenvalue weighted by Gasteiger charge is -2.19. The largest absolute Gasteiger partial charge is 0.486 e. The van der Waals surface area contributed by atoms with Crippen LogP contribution in [-0.2, 0) is 9.59 Å². The fourth-order valence-electron chi connectivity index (χ4n) is 4.19. The molecule has 6 heteroatoms. The highest BCUT2D eigenvalue weighted by molar-refractivity contribution is 6.11. The second-order valence-electron chi connectivity index (χ2n) is 6.95. The quantitative estimate of drug-likeness (QED) is 0.851. The zero-order valence-electron chi connectivity index (χ0n) is 13.9. The van der Waals surface area contributed by atoms with Crippen LogP contribution in [0.4, 0.5) is 5.69 Å². The number of benzene rings is 1. The maximum atomic E-state index is 12.6. The topological polar surface area (TPSA) is 88.4 Å². The van der Waals surface area contributed by atoms with Crippen LogP contribution in [0.2, 0.25) is 0 Å². The Kier molecular flexibility index (Phi) is 4.08. The highest BCUT2D eigenvalue weighted by Crippen LogP contribution is 2.56. The summed E-state index contributed by atoms with van der Waals surface area (Å²) in [6, 6.07) is 6.95. The van der Waals surface area contributed by atoms with E-state index in [9.17, 15) is 14.9 Å². The molecule has 3 atom stereocenters. The molecule has 6 nitrogen and oxygen atoms in total. The Bertz CT molecular complexity index is 742. The average Bonchev–Trinajstić information content (AvgIpc) is 3.36. The van der Waals surface area contributed by atoms with Crippen molar-refractivity contribution < 1.29 is 19.1 Å². The molecule has 1 aromatic carbocycles. The van der Waals surface area contributed by atoms with Crippen molar-refractivity contribution in [1.82, 2.24) is 0 Å². The van der Waals surface area contributed by atoms with Crippen LogP contribution >= 0.6 is 0 Å². The van der Waals surface area contributed by atoms with E-state index in [4.69, 9.17) is 9.47 Å². The number of amides is 1. The molecule has 1 aromatic rings.